The van der Waals surface area contributed by atoms with Crippen molar-refractivity contribution in [3.63, 3.8) is 0 Å². The molecule has 0 spiro atoms. The first-order valence-corrected chi connectivity index (χ1v) is 8.51. The Morgan fingerprint density at radius 2 is 2.20 bits per heavy atom. The fourth-order valence-electron chi connectivity index (χ4n) is 3.45. The number of aromatic nitrogens is 3. The number of amides is 1. The van der Waals surface area contributed by atoms with Crippen molar-refractivity contribution in [2.24, 2.45) is 0 Å². The van der Waals surface area contributed by atoms with Crippen molar-refractivity contribution in [3.8, 4) is 0 Å². The fourth-order valence-corrected chi connectivity index (χ4v) is 3.45. The van der Waals surface area contributed by atoms with E-state index in [-0.39, 0.29) is 18.2 Å². The SMILES string of the molecule is CC(C)(C)OC(=O)N1C2C=C(c3cnn4cccnc34)CC1COC2. The first-order chi connectivity index (χ1) is 11.9. The minimum atomic E-state index is -0.511. The molecule has 1 amide bonds. The zero-order valence-electron chi connectivity index (χ0n) is 14.7. The van der Waals surface area contributed by atoms with Crippen LogP contribution in [0.4, 0.5) is 4.79 Å². The van der Waals surface area contributed by atoms with E-state index in [1.807, 2.05) is 44.1 Å². The van der Waals surface area contributed by atoms with Crippen LogP contribution in [0.2, 0.25) is 0 Å². The largest absolute Gasteiger partial charge is 0.444 e. The van der Waals surface area contributed by atoms with E-state index in [9.17, 15) is 4.79 Å². The summed E-state index contributed by atoms with van der Waals surface area (Å²) in [6.07, 6.45) is 8.00. The normalized spacial score (nSPS) is 23.5. The van der Waals surface area contributed by atoms with Gasteiger partial charge in [-0.25, -0.2) is 14.3 Å². The molecule has 1 saturated heterocycles. The number of nitrogens with zero attached hydrogens (tertiary/aromatic N) is 4. The monoisotopic (exact) mass is 342 g/mol. The van der Waals surface area contributed by atoms with Gasteiger partial charge in [-0.1, -0.05) is 6.08 Å². The molecule has 2 bridgehead atoms. The van der Waals surface area contributed by atoms with Crippen LogP contribution in [0.1, 0.15) is 32.8 Å². The van der Waals surface area contributed by atoms with Gasteiger partial charge in [0.2, 0.25) is 0 Å². The average Bonchev–Trinajstić information content (AvgIpc) is 2.96. The maximum absolute atomic E-state index is 12.6. The third kappa shape index (κ3) is 3.00. The predicted molar refractivity (Wildman–Crippen MR) is 92.0 cm³/mol. The highest BCUT2D eigenvalue weighted by atomic mass is 16.6. The van der Waals surface area contributed by atoms with Gasteiger partial charge in [-0.2, -0.15) is 5.10 Å². The van der Waals surface area contributed by atoms with E-state index in [0.29, 0.717) is 19.6 Å². The predicted octanol–water partition coefficient (Wildman–Crippen LogP) is 2.52. The highest BCUT2D eigenvalue weighted by Crippen LogP contribution is 2.34. The zero-order valence-corrected chi connectivity index (χ0v) is 14.7. The molecular formula is C18H22N4O3. The lowest BCUT2D eigenvalue weighted by molar-refractivity contribution is -0.0510. The molecule has 2 aromatic heterocycles. The maximum Gasteiger partial charge on any atom is 0.411 e. The second-order valence-electron chi connectivity index (χ2n) is 7.49. The summed E-state index contributed by atoms with van der Waals surface area (Å²) in [7, 11) is 0. The quantitative estimate of drug-likeness (QED) is 0.796. The van der Waals surface area contributed by atoms with Crippen LogP contribution in [0.3, 0.4) is 0 Å². The molecule has 0 radical (unpaired) electrons. The van der Waals surface area contributed by atoms with Gasteiger partial charge in [-0.05, 0) is 38.8 Å². The lowest BCUT2D eigenvalue weighted by Crippen LogP contribution is -2.57. The van der Waals surface area contributed by atoms with E-state index in [4.69, 9.17) is 9.47 Å². The maximum atomic E-state index is 12.6. The minimum absolute atomic E-state index is 0.0349. The zero-order chi connectivity index (χ0) is 17.6. The van der Waals surface area contributed by atoms with E-state index >= 15 is 0 Å². The molecule has 2 aliphatic rings. The molecule has 2 aliphatic heterocycles. The summed E-state index contributed by atoms with van der Waals surface area (Å²) < 4.78 is 13.0. The molecule has 4 rings (SSSR count). The molecule has 25 heavy (non-hydrogen) atoms. The lowest BCUT2D eigenvalue weighted by atomic mass is 9.91. The second kappa shape index (κ2) is 5.84. The summed E-state index contributed by atoms with van der Waals surface area (Å²) in [6, 6.07) is 1.69. The molecule has 7 heteroatoms. The summed E-state index contributed by atoms with van der Waals surface area (Å²) in [4.78, 5) is 18.9. The van der Waals surface area contributed by atoms with Crippen molar-refractivity contribution in [2.45, 2.75) is 44.9 Å². The molecule has 2 unspecified atom stereocenters. The summed E-state index contributed by atoms with van der Waals surface area (Å²) in [5.41, 5.74) is 2.49. The molecule has 7 nitrogen and oxygen atoms in total. The molecular weight excluding hydrogens is 320 g/mol. The van der Waals surface area contributed by atoms with Crippen molar-refractivity contribution < 1.29 is 14.3 Å². The van der Waals surface area contributed by atoms with Crippen molar-refractivity contribution >= 4 is 17.3 Å². The summed E-state index contributed by atoms with van der Waals surface area (Å²) in [6.45, 7) is 6.64. The number of carbonyl (C=O) groups excluding carboxylic acids is 1. The number of ether oxygens (including phenoxy) is 2. The van der Waals surface area contributed by atoms with Crippen LogP contribution in [-0.2, 0) is 9.47 Å². The molecule has 0 saturated carbocycles. The molecule has 1 fully saturated rings. The van der Waals surface area contributed by atoms with E-state index < -0.39 is 5.60 Å². The molecule has 2 aromatic rings. The standard InChI is InChI=1S/C18H22N4O3/c1-18(2,3)25-17(23)22-13-7-12(8-14(22)11-24-10-13)15-9-20-21-6-4-5-19-16(15)21/h4-7,9,13-14H,8,10-11H2,1-3H3. The van der Waals surface area contributed by atoms with Gasteiger partial charge in [-0.15, -0.1) is 0 Å². The number of fused-ring (bicyclic) bond motifs is 3. The average molecular weight is 342 g/mol. The third-order valence-electron chi connectivity index (χ3n) is 4.43. The Morgan fingerprint density at radius 1 is 1.36 bits per heavy atom. The highest BCUT2D eigenvalue weighted by molar-refractivity contribution is 5.79. The van der Waals surface area contributed by atoms with Gasteiger partial charge < -0.3 is 9.47 Å². The number of hydrogen-bond donors (Lipinski definition) is 0. The number of rotatable bonds is 1. The van der Waals surface area contributed by atoms with Crippen LogP contribution >= 0.6 is 0 Å². The summed E-state index contributed by atoms with van der Waals surface area (Å²) in [5.74, 6) is 0. The van der Waals surface area contributed by atoms with Crippen molar-refractivity contribution in [1.29, 1.82) is 0 Å². The van der Waals surface area contributed by atoms with Crippen LogP contribution < -0.4 is 0 Å². The summed E-state index contributed by atoms with van der Waals surface area (Å²) >= 11 is 0. The topological polar surface area (TPSA) is 69.0 Å². The minimum Gasteiger partial charge on any atom is -0.444 e. The van der Waals surface area contributed by atoms with Crippen molar-refractivity contribution in [2.75, 3.05) is 13.2 Å². The Morgan fingerprint density at radius 3 is 2.96 bits per heavy atom. The van der Waals surface area contributed by atoms with E-state index in [2.05, 4.69) is 16.2 Å². The van der Waals surface area contributed by atoms with Crippen molar-refractivity contribution in [3.05, 3.63) is 36.3 Å². The summed E-state index contributed by atoms with van der Waals surface area (Å²) in [5, 5.41) is 4.37. The Labute approximate surface area is 146 Å². The van der Waals surface area contributed by atoms with Gasteiger partial charge in [-0.3, -0.25) is 4.90 Å². The van der Waals surface area contributed by atoms with Crippen LogP contribution in [0, 0.1) is 0 Å². The third-order valence-corrected chi connectivity index (χ3v) is 4.43. The first kappa shape index (κ1) is 16.1. The lowest BCUT2D eigenvalue weighted by Gasteiger charge is -2.44. The van der Waals surface area contributed by atoms with Crippen LogP contribution in [-0.4, -0.2) is 56.5 Å². The fraction of sp³-hybridized carbons (Fsp3) is 0.500. The van der Waals surface area contributed by atoms with Gasteiger partial charge in [0.05, 0.1) is 31.5 Å². The Kier molecular flexibility index (Phi) is 3.76. The molecule has 4 heterocycles. The second-order valence-corrected chi connectivity index (χ2v) is 7.49. The smallest absolute Gasteiger partial charge is 0.411 e. The van der Waals surface area contributed by atoms with Gasteiger partial charge in [0.25, 0.3) is 0 Å². The highest BCUT2D eigenvalue weighted by Gasteiger charge is 2.40. The molecule has 0 N–H and O–H groups in total. The number of morpholine rings is 1. The van der Waals surface area contributed by atoms with E-state index in [0.717, 1.165) is 16.8 Å². The first-order valence-electron chi connectivity index (χ1n) is 8.51. The van der Waals surface area contributed by atoms with Crippen LogP contribution in [0.25, 0.3) is 11.2 Å². The molecule has 2 atom stereocenters. The molecule has 0 aliphatic carbocycles. The van der Waals surface area contributed by atoms with Gasteiger partial charge in [0, 0.05) is 18.0 Å². The molecule has 132 valence electrons. The van der Waals surface area contributed by atoms with Gasteiger partial charge in [0.1, 0.15) is 5.60 Å². The van der Waals surface area contributed by atoms with Crippen LogP contribution in [0.15, 0.2) is 30.7 Å². The Bertz CT molecular complexity index is 836. The Hall–Kier alpha value is -2.41. The molecule has 0 aromatic carbocycles. The van der Waals surface area contributed by atoms with Crippen molar-refractivity contribution in [1.82, 2.24) is 19.5 Å². The van der Waals surface area contributed by atoms with Gasteiger partial charge in [0.15, 0.2) is 5.65 Å². The van der Waals surface area contributed by atoms with E-state index in [1.165, 1.54) is 0 Å². The number of carbonyl (C=O) groups is 1. The van der Waals surface area contributed by atoms with E-state index in [1.54, 1.807) is 10.7 Å². The van der Waals surface area contributed by atoms with Crippen LogP contribution in [0.5, 0.6) is 0 Å². The van der Waals surface area contributed by atoms with Gasteiger partial charge >= 0.3 is 6.09 Å². The Balaban J connectivity index is 1.66. The number of hydrogen-bond acceptors (Lipinski definition) is 5.